The minimum atomic E-state index is -0.227. The molecule has 0 bridgehead atoms. The van der Waals surface area contributed by atoms with E-state index >= 15 is 0 Å². The number of hydrogen-bond acceptors (Lipinski definition) is 3. The Kier molecular flexibility index (Phi) is 10.7. The van der Waals surface area contributed by atoms with Gasteiger partial charge >= 0.3 is 0 Å². The molecule has 3 N–H and O–H groups in total. The maximum absolute atomic E-state index is 13.3. The largest absolute Gasteiger partial charge is 0.376 e. The van der Waals surface area contributed by atoms with Crippen molar-refractivity contribution in [3.63, 3.8) is 0 Å². The molecule has 2 aromatic carbocycles. The van der Waals surface area contributed by atoms with Gasteiger partial charge in [-0.2, -0.15) is 0 Å². The summed E-state index contributed by atoms with van der Waals surface area (Å²) < 4.78 is 18.8. The third-order valence-corrected chi connectivity index (χ3v) is 4.98. The minimum Gasteiger partial charge on any atom is -0.376 e. The van der Waals surface area contributed by atoms with Crippen LogP contribution in [0.25, 0.3) is 0 Å². The molecular formula is C23H30FIN4O2. The molecule has 6 nitrogen and oxygen atoms in total. The highest BCUT2D eigenvalue weighted by Gasteiger charge is 2.16. The number of nitrogens with zero attached hydrogens (tertiary/aromatic N) is 1. The van der Waals surface area contributed by atoms with Crippen LogP contribution in [0.1, 0.15) is 34.3 Å². The van der Waals surface area contributed by atoms with Crippen LogP contribution >= 0.6 is 24.0 Å². The quantitative estimate of drug-likeness (QED) is 0.273. The van der Waals surface area contributed by atoms with E-state index in [0.29, 0.717) is 37.6 Å². The van der Waals surface area contributed by atoms with Crippen molar-refractivity contribution >= 4 is 35.8 Å². The Morgan fingerprint density at radius 1 is 1.13 bits per heavy atom. The Hall–Kier alpha value is -2.20. The average Bonchev–Trinajstić information content (AvgIpc) is 3.28. The molecule has 1 aliphatic rings. The molecule has 2 aromatic rings. The summed E-state index contributed by atoms with van der Waals surface area (Å²) in [5.74, 6) is 0.333. The van der Waals surface area contributed by atoms with Crippen LogP contribution in [0.15, 0.2) is 53.5 Å². The van der Waals surface area contributed by atoms with Gasteiger partial charge in [0.25, 0.3) is 5.91 Å². The lowest BCUT2D eigenvalue weighted by Crippen LogP contribution is -2.38. The van der Waals surface area contributed by atoms with E-state index in [4.69, 9.17) is 4.74 Å². The molecular weight excluding hydrogens is 510 g/mol. The van der Waals surface area contributed by atoms with E-state index in [1.165, 1.54) is 12.1 Å². The van der Waals surface area contributed by atoms with Crippen LogP contribution in [0.4, 0.5) is 4.39 Å². The molecule has 0 radical (unpaired) electrons. The third kappa shape index (κ3) is 8.45. The molecule has 8 heteroatoms. The summed E-state index contributed by atoms with van der Waals surface area (Å²) in [5, 5.41) is 9.40. The molecule has 1 amide bonds. The number of nitrogens with one attached hydrogen (secondary N) is 3. The van der Waals surface area contributed by atoms with E-state index in [0.717, 1.165) is 30.6 Å². The van der Waals surface area contributed by atoms with Crippen molar-refractivity contribution in [2.75, 3.05) is 26.7 Å². The fourth-order valence-corrected chi connectivity index (χ4v) is 3.36. The number of aliphatic imine (C=N–C) groups is 1. The Morgan fingerprint density at radius 2 is 1.94 bits per heavy atom. The maximum atomic E-state index is 13.3. The predicted molar refractivity (Wildman–Crippen MR) is 131 cm³/mol. The van der Waals surface area contributed by atoms with Crippen molar-refractivity contribution in [1.82, 2.24) is 16.0 Å². The van der Waals surface area contributed by atoms with E-state index in [2.05, 4.69) is 20.9 Å². The molecule has 1 aliphatic heterocycles. The molecule has 1 heterocycles. The fraction of sp³-hybridized carbons (Fsp3) is 0.391. The SMILES string of the molecule is CN=C(NCCc1cccc(F)c1)NCc1cccc(C(=O)NCC2CCCO2)c1.I. The third-order valence-electron chi connectivity index (χ3n) is 4.98. The van der Waals surface area contributed by atoms with Crippen LogP contribution in [-0.4, -0.2) is 44.7 Å². The molecule has 1 fully saturated rings. The fourth-order valence-electron chi connectivity index (χ4n) is 3.36. The van der Waals surface area contributed by atoms with Gasteiger partial charge in [0.15, 0.2) is 5.96 Å². The Labute approximate surface area is 200 Å². The topological polar surface area (TPSA) is 74.8 Å². The van der Waals surface area contributed by atoms with Crippen molar-refractivity contribution in [2.45, 2.75) is 31.9 Å². The molecule has 1 unspecified atom stereocenters. The number of ether oxygens (including phenoxy) is 1. The first kappa shape index (κ1) is 25.1. The van der Waals surface area contributed by atoms with Crippen LogP contribution in [0, 0.1) is 5.82 Å². The number of halogens is 2. The van der Waals surface area contributed by atoms with Crippen molar-refractivity contribution in [2.24, 2.45) is 4.99 Å². The summed E-state index contributed by atoms with van der Waals surface area (Å²) in [7, 11) is 1.70. The van der Waals surface area contributed by atoms with Gasteiger partial charge in [0.05, 0.1) is 6.10 Å². The van der Waals surface area contributed by atoms with Gasteiger partial charge in [-0.15, -0.1) is 24.0 Å². The first-order valence-corrected chi connectivity index (χ1v) is 10.3. The van der Waals surface area contributed by atoms with Gasteiger partial charge < -0.3 is 20.7 Å². The van der Waals surface area contributed by atoms with Gasteiger partial charge in [-0.05, 0) is 54.7 Å². The zero-order chi connectivity index (χ0) is 21.2. The summed E-state index contributed by atoms with van der Waals surface area (Å²) in [6, 6.07) is 14.1. The second-order valence-electron chi connectivity index (χ2n) is 7.28. The molecule has 1 saturated heterocycles. The van der Waals surface area contributed by atoms with Crippen LogP contribution in [0.5, 0.6) is 0 Å². The summed E-state index contributed by atoms with van der Waals surface area (Å²) in [6.07, 6.45) is 2.87. The zero-order valence-electron chi connectivity index (χ0n) is 17.7. The van der Waals surface area contributed by atoms with Gasteiger partial charge in [0, 0.05) is 38.9 Å². The van der Waals surface area contributed by atoms with Crippen LogP contribution in [0.2, 0.25) is 0 Å². The maximum Gasteiger partial charge on any atom is 0.251 e. The first-order valence-electron chi connectivity index (χ1n) is 10.3. The average molecular weight is 540 g/mol. The number of amides is 1. The highest BCUT2D eigenvalue weighted by atomic mass is 127. The molecule has 0 aliphatic carbocycles. The lowest BCUT2D eigenvalue weighted by Gasteiger charge is -2.13. The van der Waals surface area contributed by atoms with Crippen molar-refractivity contribution < 1.29 is 13.9 Å². The van der Waals surface area contributed by atoms with E-state index in [1.54, 1.807) is 19.2 Å². The smallest absolute Gasteiger partial charge is 0.251 e. The molecule has 1 atom stereocenters. The Morgan fingerprint density at radius 3 is 2.68 bits per heavy atom. The Bertz CT molecular complexity index is 872. The van der Waals surface area contributed by atoms with Crippen molar-refractivity contribution in [3.8, 4) is 0 Å². The van der Waals surface area contributed by atoms with E-state index < -0.39 is 0 Å². The van der Waals surface area contributed by atoms with Crippen molar-refractivity contribution in [3.05, 3.63) is 71.0 Å². The summed E-state index contributed by atoms with van der Waals surface area (Å²) in [4.78, 5) is 16.6. The van der Waals surface area contributed by atoms with Gasteiger partial charge in [-0.25, -0.2) is 4.39 Å². The standard InChI is InChI=1S/C23H29FN4O2.HI/c1-25-23(26-11-10-17-5-3-8-20(24)14-17)28-15-18-6-2-7-19(13-18)22(29)27-16-21-9-4-12-30-21;/h2-3,5-8,13-14,21H,4,9-12,15-16H2,1H3,(H,27,29)(H2,25,26,28);1H. The molecule has 0 saturated carbocycles. The summed E-state index contributed by atoms with van der Waals surface area (Å²) in [6.45, 7) is 2.49. The monoisotopic (exact) mass is 540 g/mol. The molecule has 31 heavy (non-hydrogen) atoms. The van der Waals surface area contributed by atoms with Gasteiger partial charge in [0.2, 0.25) is 0 Å². The highest BCUT2D eigenvalue weighted by molar-refractivity contribution is 14.0. The van der Waals surface area contributed by atoms with Gasteiger partial charge in [0.1, 0.15) is 5.82 Å². The number of carbonyl (C=O) groups is 1. The molecule has 0 spiro atoms. The first-order chi connectivity index (χ1) is 14.6. The van der Waals surface area contributed by atoms with Crippen molar-refractivity contribution in [1.29, 1.82) is 0 Å². The second kappa shape index (κ2) is 13.3. The number of rotatable bonds is 8. The minimum absolute atomic E-state index is 0. The normalized spacial score (nSPS) is 15.8. The molecule has 168 valence electrons. The molecule has 3 rings (SSSR count). The second-order valence-corrected chi connectivity index (χ2v) is 7.28. The predicted octanol–water partition coefficient (Wildman–Crippen LogP) is 3.26. The van der Waals surface area contributed by atoms with E-state index in [-0.39, 0.29) is 41.8 Å². The van der Waals surface area contributed by atoms with Gasteiger partial charge in [-0.3, -0.25) is 9.79 Å². The zero-order valence-corrected chi connectivity index (χ0v) is 20.0. The lowest BCUT2D eigenvalue weighted by atomic mass is 10.1. The highest BCUT2D eigenvalue weighted by Crippen LogP contribution is 2.11. The van der Waals surface area contributed by atoms with Gasteiger partial charge in [-0.1, -0.05) is 24.3 Å². The summed E-state index contributed by atoms with van der Waals surface area (Å²) >= 11 is 0. The number of guanidine groups is 1. The van der Waals surface area contributed by atoms with E-state index in [1.807, 2.05) is 24.3 Å². The molecule has 0 aromatic heterocycles. The summed E-state index contributed by atoms with van der Waals surface area (Å²) in [5.41, 5.74) is 2.54. The number of carbonyl (C=O) groups excluding carboxylic acids is 1. The van der Waals surface area contributed by atoms with E-state index in [9.17, 15) is 9.18 Å². The number of benzene rings is 2. The van der Waals surface area contributed by atoms with Crippen LogP contribution in [0.3, 0.4) is 0 Å². The van der Waals surface area contributed by atoms with Crippen LogP contribution < -0.4 is 16.0 Å². The Balaban J connectivity index is 0.00000341. The van der Waals surface area contributed by atoms with Crippen LogP contribution in [-0.2, 0) is 17.7 Å². The lowest BCUT2D eigenvalue weighted by molar-refractivity contribution is 0.0857. The number of hydrogen-bond donors (Lipinski definition) is 3.